The van der Waals surface area contributed by atoms with E-state index in [-0.39, 0.29) is 24.7 Å². The average molecular weight is 186 g/mol. The molecule has 0 spiro atoms. The van der Waals surface area contributed by atoms with Gasteiger partial charge in [-0.3, -0.25) is 0 Å². The molecule has 0 amide bonds. The molecule has 0 saturated carbocycles. The van der Waals surface area contributed by atoms with Crippen LogP contribution < -0.4 is 0 Å². The van der Waals surface area contributed by atoms with Crippen LogP contribution in [-0.2, 0) is 8.87 Å². The maximum Gasteiger partial charge on any atom is 0.203 e. The van der Waals surface area contributed by atoms with Crippen LogP contribution in [0.3, 0.4) is 0 Å². The summed E-state index contributed by atoms with van der Waals surface area (Å²) in [6.07, 6.45) is 0. The third-order valence-corrected chi connectivity index (χ3v) is 4.16. The number of hydrogen-bond donors (Lipinski definition) is 2. The van der Waals surface area contributed by atoms with Crippen molar-refractivity contribution < 1.29 is 18.6 Å². The summed E-state index contributed by atoms with van der Waals surface area (Å²) in [5, 5.41) is 16.5. The van der Waals surface area contributed by atoms with E-state index in [9.17, 15) is 8.42 Å². The third kappa shape index (κ3) is 5.04. The summed E-state index contributed by atoms with van der Waals surface area (Å²) in [4.78, 5) is 0. The fourth-order valence-corrected chi connectivity index (χ4v) is 2.57. The first-order valence-electron chi connectivity index (χ1n) is 2.71. The highest BCUT2D eigenvalue weighted by Crippen LogP contribution is 2.10. The lowest BCUT2D eigenvalue weighted by Gasteiger charge is -1.97. The maximum absolute atomic E-state index is 10.7. The highest BCUT2D eigenvalue weighted by Gasteiger charge is 2.08. The second-order valence-electron chi connectivity index (χ2n) is 1.53. The van der Waals surface area contributed by atoms with Crippen LogP contribution in [0.2, 0.25) is 0 Å². The van der Waals surface area contributed by atoms with E-state index < -0.39 is 8.87 Å². The van der Waals surface area contributed by atoms with E-state index in [0.29, 0.717) is 10.8 Å². The highest BCUT2D eigenvalue weighted by molar-refractivity contribution is 8.72. The van der Waals surface area contributed by atoms with Crippen molar-refractivity contribution in [3.8, 4) is 0 Å². The van der Waals surface area contributed by atoms with Gasteiger partial charge in [-0.2, -0.15) is 0 Å². The lowest BCUT2D eigenvalue weighted by atomic mass is 10.9. The van der Waals surface area contributed by atoms with Gasteiger partial charge in [0.1, 0.15) is 0 Å². The molecular weight excluding hydrogens is 176 g/mol. The summed E-state index contributed by atoms with van der Waals surface area (Å²) < 4.78 is 21.4. The number of rotatable bonds is 5. The fraction of sp³-hybridized carbons (Fsp3) is 1.00. The first kappa shape index (κ1) is 10.2. The van der Waals surface area contributed by atoms with Gasteiger partial charge >= 0.3 is 0 Å². The molecule has 4 nitrogen and oxygen atoms in total. The number of hydrogen-bond acceptors (Lipinski definition) is 5. The SMILES string of the molecule is O=S(=O)(CCO)SCCO. The van der Waals surface area contributed by atoms with Crippen LogP contribution in [0.5, 0.6) is 0 Å². The van der Waals surface area contributed by atoms with Crippen LogP contribution in [-0.4, -0.2) is 43.4 Å². The molecule has 10 heavy (non-hydrogen) atoms. The van der Waals surface area contributed by atoms with Crippen LogP contribution in [0.15, 0.2) is 0 Å². The zero-order valence-electron chi connectivity index (χ0n) is 5.36. The van der Waals surface area contributed by atoms with Crippen LogP contribution in [0.4, 0.5) is 0 Å². The van der Waals surface area contributed by atoms with E-state index in [1.165, 1.54) is 0 Å². The normalized spacial score (nSPS) is 11.8. The molecule has 2 N–H and O–H groups in total. The van der Waals surface area contributed by atoms with Crippen molar-refractivity contribution in [2.24, 2.45) is 0 Å². The first-order valence-corrected chi connectivity index (χ1v) is 5.86. The quantitative estimate of drug-likeness (QED) is 0.541. The van der Waals surface area contributed by atoms with E-state index in [4.69, 9.17) is 10.2 Å². The molecule has 0 aliphatic carbocycles. The zero-order chi connectivity index (χ0) is 8.04. The molecule has 0 fully saturated rings. The molecule has 0 atom stereocenters. The minimum atomic E-state index is -3.19. The topological polar surface area (TPSA) is 74.6 Å². The summed E-state index contributed by atoms with van der Waals surface area (Å²) in [5.41, 5.74) is 0. The molecular formula is C4H10O4S2. The van der Waals surface area contributed by atoms with Gasteiger partial charge < -0.3 is 10.2 Å². The molecule has 0 saturated heterocycles. The summed E-state index contributed by atoms with van der Waals surface area (Å²) in [5.74, 6) is -0.0694. The van der Waals surface area contributed by atoms with E-state index in [0.717, 1.165) is 0 Å². The largest absolute Gasteiger partial charge is 0.395 e. The van der Waals surface area contributed by atoms with Crippen molar-refractivity contribution in [1.29, 1.82) is 0 Å². The van der Waals surface area contributed by atoms with Crippen LogP contribution in [0, 0.1) is 0 Å². The molecule has 0 aromatic heterocycles. The molecule has 62 valence electrons. The molecule has 6 heteroatoms. The monoisotopic (exact) mass is 186 g/mol. The van der Waals surface area contributed by atoms with Crippen molar-refractivity contribution in [3.63, 3.8) is 0 Å². The van der Waals surface area contributed by atoms with Gasteiger partial charge in [0.2, 0.25) is 8.87 Å². The number of aliphatic hydroxyl groups excluding tert-OH is 2. The highest BCUT2D eigenvalue weighted by atomic mass is 33.1. The summed E-state index contributed by atoms with van der Waals surface area (Å²) >= 11 is 0. The average Bonchev–Trinajstić information content (AvgIpc) is 1.84. The molecule has 0 radical (unpaired) electrons. The van der Waals surface area contributed by atoms with Crippen LogP contribution in [0.1, 0.15) is 0 Å². The minimum Gasteiger partial charge on any atom is -0.395 e. The van der Waals surface area contributed by atoms with Crippen molar-refractivity contribution in [2.45, 2.75) is 0 Å². The van der Waals surface area contributed by atoms with Crippen molar-refractivity contribution in [1.82, 2.24) is 0 Å². The maximum atomic E-state index is 10.7. The van der Waals surface area contributed by atoms with E-state index in [1.54, 1.807) is 0 Å². The lowest BCUT2D eigenvalue weighted by molar-refractivity contribution is 0.319. The Bertz CT molecular complexity index is 162. The smallest absolute Gasteiger partial charge is 0.203 e. The Labute approximate surface area is 63.6 Å². The van der Waals surface area contributed by atoms with Crippen LogP contribution in [0.25, 0.3) is 0 Å². The third-order valence-electron chi connectivity index (χ3n) is 0.695. The predicted molar refractivity (Wildman–Crippen MR) is 40.4 cm³/mol. The molecule has 0 aromatic carbocycles. The van der Waals surface area contributed by atoms with Gasteiger partial charge in [0.05, 0.1) is 19.0 Å². The summed E-state index contributed by atoms with van der Waals surface area (Å²) in [6, 6.07) is 0. The van der Waals surface area contributed by atoms with Crippen molar-refractivity contribution in [2.75, 3.05) is 24.7 Å². The Hall–Kier alpha value is 0.220. The van der Waals surface area contributed by atoms with Crippen molar-refractivity contribution in [3.05, 3.63) is 0 Å². The Morgan fingerprint density at radius 1 is 1.20 bits per heavy atom. The van der Waals surface area contributed by atoms with Gasteiger partial charge in [-0.25, -0.2) is 8.42 Å². The van der Waals surface area contributed by atoms with Crippen molar-refractivity contribution >= 4 is 19.7 Å². The van der Waals surface area contributed by atoms with Gasteiger partial charge in [-0.1, -0.05) is 0 Å². The lowest BCUT2D eigenvalue weighted by Crippen LogP contribution is -2.06. The van der Waals surface area contributed by atoms with E-state index in [1.807, 2.05) is 0 Å². The zero-order valence-corrected chi connectivity index (χ0v) is 6.99. The number of aliphatic hydroxyl groups is 2. The molecule has 0 aromatic rings. The second kappa shape index (κ2) is 4.95. The Balaban J connectivity index is 3.65. The Morgan fingerprint density at radius 3 is 2.20 bits per heavy atom. The Morgan fingerprint density at radius 2 is 1.80 bits per heavy atom. The van der Waals surface area contributed by atoms with Gasteiger partial charge in [0, 0.05) is 5.75 Å². The van der Waals surface area contributed by atoms with E-state index in [2.05, 4.69) is 0 Å². The second-order valence-corrected chi connectivity index (χ2v) is 5.93. The molecule has 0 bridgehead atoms. The standard InChI is InChI=1S/C4H10O4S2/c5-1-3-9-10(7,8)4-2-6/h5-6H,1-4H2. The molecule has 0 heterocycles. The van der Waals surface area contributed by atoms with Crippen LogP contribution >= 0.6 is 10.8 Å². The molecule has 0 rings (SSSR count). The predicted octanol–water partition coefficient (Wildman–Crippen LogP) is -0.966. The first-order chi connectivity index (χ1) is 4.62. The van der Waals surface area contributed by atoms with Gasteiger partial charge in [0.25, 0.3) is 0 Å². The molecule has 0 aliphatic heterocycles. The summed E-state index contributed by atoms with van der Waals surface area (Å²) in [7, 11) is -2.52. The van der Waals surface area contributed by atoms with Gasteiger partial charge in [-0.15, -0.1) is 0 Å². The van der Waals surface area contributed by atoms with E-state index >= 15 is 0 Å². The van der Waals surface area contributed by atoms with Gasteiger partial charge in [-0.05, 0) is 10.8 Å². The molecule has 0 aliphatic rings. The van der Waals surface area contributed by atoms with Gasteiger partial charge in [0.15, 0.2) is 0 Å². The minimum absolute atomic E-state index is 0.157. The molecule has 0 unspecified atom stereocenters. The summed E-state index contributed by atoms with van der Waals surface area (Å²) in [6.45, 7) is -0.518. The Kier molecular flexibility index (Phi) is 5.06. The fourth-order valence-electron chi connectivity index (χ4n) is 0.335.